The van der Waals surface area contributed by atoms with E-state index >= 15 is 0 Å². The van der Waals surface area contributed by atoms with Gasteiger partial charge in [0.05, 0.1) is 22.4 Å². The van der Waals surface area contributed by atoms with Crippen molar-refractivity contribution in [1.82, 2.24) is 19.8 Å². The van der Waals surface area contributed by atoms with Crippen LogP contribution in [0.15, 0.2) is 59.5 Å². The van der Waals surface area contributed by atoms with Crippen LogP contribution in [0.5, 0.6) is 0 Å². The van der Waals surface area contributed by atoms with Gasteiger partial charge < -0.3 is 15.1 Å². The van der Waals surface area contributed by atoms with E-state index in [0.29, 0.717) is 36.5 Å². The molecular weight excluding hydrogens is 560 g/mol. The molecule has 2 heterocycles. The van der Waals surface area contributed by atoms with Gasteiger partial charge in [-0.15, -0.1) is 11.3 Å². The van der Waals surface area contributed by atoms with Crippen molar-refractivity contribution in [3.05, 3.63) is 65.0 Å². The van der Waals surface area contributed by atoms with E-state index in [2.05, 4.69) is 10.0 Å². The maximum absolute atomic E-state index is 13.6. The van der Waals surface area contributed by atoms with Gasteiger partial charge in [-0.1, -0.05) is 64.1 Å². The first-order valence-electron chi connectivity index (χ1n) is 13.7. The van der Waals surface area contributed by atoms with Gasteiger partial charge in [0.25, 0.3) is 5.91 Å². The molecule has 1 aliphatic rings. The van der Waals surface area contributed by atoms with E-state index in [1.165, 1.54) is 17.4 Å². The van der Waals surface area contributed by atoms with E-state index in [4.69, 9.17) is 0 Å². The fourth-order valence-electron chi connectivity index (χ4n) is 4.91. The van der Waals surface area contributed by atoms with Crippen molar-refractivity contribution in [3.63, 3.8) is 0 Å². The molecule has 1 unspecified atom stereocenters. The molecule has 1 aromatic heterocycles. The Labute approximate surface area is 246 Å². The van der Waals surface area contributed by atoms with E-state index in [9.17, 15) is 22.8 Å². The third kappa shape index (κ3) is 6.97. The van der Waals surface area contributed by atoms with Gasteiger partial charge in [-0.3, -0.25) is 14.4 Å². The lowest BCUT2D eigenvalue weighted by Gasteiger charge is -2.47. The quantitative estimate of drug-likeness (QED) is 0.369. The molecule has 9 nitrogen and oxygen atoms in total. The molecule has 0 radical (unpaired) electrons. The van der Waals surface area contributed by atoms with Crippen molar-refractivity contribution in [2.45, 2.75) is 58.0 Å². The van der Waals surface area contributed by atoms with Gasteiger partial charge in [-0.2, -0.15) is 0 Å². The number of nitrogens with one attached hydrogen (secondary N) is 2. The Morgan fingerprint density at radius 3 is 2.37 bits per heavy atom. The van der Waals surface area contributed by atoms with E-state index in [-0.39, 0.29) is 35.2 Å². The molecule has 1 saturated heterocycles. The summed E-state index contributed by atoms with van der Waals surface area (Å²) in [7, 11) is -3.85. The number of rotatable bonds is 10. The number of carbonyl (C=O) groups excluding carboxylic acids is 3. The Hall–Kier alpha value is -3.28. The molecule has 3 aromatic rings. The predicted octanol–water partition coefficient (Wildman–Crippen LogP) is 3.78. The molecule has 0 saturated carbocycles. The SMILES string of the molecule is CCCN(C(=O)CNS(=O)(=O)c1ccccc1C)C1CN(C(=O)C(NC(=O)c2cc3ccccc3s2)C(C)(C)C)C1. The van der Waals surface area contributed by atoms with Crippen LogP contribution in [0.2, 0.25) is 0 Å². The lowest BCUT2D eigenvalue weighted by Crippen LogP contribution is -2.67. The largest absolute Gasteiger partial charge is 0.339 e. The Morgan fingerprint density at radius 2 is 1.73 bits per heavy atom. The number of aryl methyl sites for hydroxylation is 1. The maximum Gasteiger partial charge on any atom is 0.262 e. The minimum Gasteiger partial charge on any atom is -0.339 e. The standard InChI is InChI=1S/C30H38N4O5S2/c1-6-15-34(26(35)17-31-41(38,39)25-14-10-7-11-20(25)2)22-18-33(19-22)29(37)27(30(3,4)5)32-28(36)24-16-21-12-8-9-13-23(21)40-24/h7-14,16,22,27,31H,6,15,17-19H2,1-5H3,(H,32,36). The molecule has 2 aromatic carbocycles. The second kappa shape index (κ2) is 12.3. The summed E-state index contributed by atoms with van der Waals surface area (Å²) in [5.74, 6) is -0.834. The van der Waals surface area contributed by atoms with Gasteiger partial charge in [0.2, 0.25) is 21.8 Å². The van der Waals surface area contributed by atoms with Crippen LogP contribution in [-0.2, 0) is 19.6 Å². The molecule has 11 heteroatoms. The molecule has 4 rings (SSSR count). The third-order valence-electron chi connectivity index (χ3n) is 7.23. The van der Waals surface area contributed by atoms with Crippen molar-refractivity contribution < 1.29 is 22.8 Å². The molecule has 1 aliphatic heterocycles. The zero-order valence-electron chi connectivity index (χ0n) is 24.1. The Balaban J connectivity index is 1.39. The van der Waals surface area contributed by atoms with E-state index < -0.39 is 21.5 Å². The lowest BCUT2D eigenvalue weighted by atomic mass is 9.84. The topological polar surface area (TPSA) is 116 Å². The normalized spacial score (nSPS) is 14.9. The highest BCUT2D eigenvalue weighted by Crippen LogP contribution is 2.28. The Morgan fingerprint density at radius 1 is 1.07 bits per heavy atom. The molecule has 1 atom stereocenters. The smallest absolute Gasteiger partial charge is 0.262 e. The first kappa shape index (κ1) is 30.7. The van der Waals surface area contributed by atoms with Crippen LogP contribution < -0.4 is 10.0 Å². The number of hydrogen-bond donors (Lipinski definition) is 2. The summed E-state index contributed by atoms with van der Waals surface area (Å²) in [5.41, 5.74) is 0.0558. The molecule has 0 spiro atoms. The lowest BCUT2D eigenvalue weighted by molar-refractivity contribution is -0.149. The first-order chi connectivity index (χ1) is 19.3. The van der Waals surface area contributed by atoms with Gasteiger partial charge in [0.1, 0.15) is 6.04 Å². The summed E-state index contributed by atoms with van der Waals surface area (Å²) in [6.45, 7) is 10.1. The number of sulfonamides is 1. The number of carbonyl (C=O) groups is 3. The fraction of sp³-hybridized carbons (Fsp3) is 0.433. The van der Waals surface area contributed by atoms with Crippen molar-refractivity contribution in [2.75, 3.05) is 26.2 Å². The monoisotopic (exact) mass is 598 g/mol. The molecule has 3 amide bonds. The molecule has 0 aliphatic carbocycles. The zero-order valence-corrected chi connectivity index (χ0v) is 25.8. The molecular formula is C30H38N4O5S2. The van der Waals surface area contributed by atoms with Crippen LogP contribution in [0.3, 0.4) is 0 Å². The summed E-state index contributed by atoms with van der Waals surface area (Å²) in [5, 5.41) is 3.94. The summed E-state index contributed by atoms with van der Waals surface area (Å²) < 4.78 is 29.0. The number of thiophene rings is 1. The maximum atomic E-state index is 13.6. The highest BCUT2D eigenvalue weighted by molar-refractivity contribution is 7.89. The van der Waals surface area contributed by atoms with Gasteiger partial charge in [-0.25, -0.2) is 13.1 Å². The first-order valence-corrected chi connectivity index (χ1v) is 16.0. The van der Waals surface area contributed by atoms with E-state index in [1.807, 2.05) is 58.0 Å². The summed E-state index contributed by atoms with van der Waals surface area (Å²) >= 11 is 1.39. The number of nitrogens with zero attached hydrogens (tertiary/aromatic N) is 2. The van der Waals surface area contributed by atoms with E-state index in [0.717, 1.165) is 10.1 Å². The second-order valence-electron chi connectivity index (χ2n) is 11.5. The Bertz CT molecular complexity index is 1500. The highest BCUT2D eigenvalue weighted by atomic mass is 32.2. The van der Waals surface area contributed by atoms with Crippen molar-refractivity contribution in [3.8, 4) is 0 Å². The van der Waals surface area contributed by atoms with Crippen LogP contribution in [0.1, 0.15) is 49.4 Å². The van der Waals surface area contributed by atoms with Crippen molar-refractivity contribution in [1.29, 1.82) is 0 Å². The minimum atomic E-state index is -3.85. The van der Waals surface area contributed by atoms with Gasteiger partial charge in [-0.05, 0) is 47.9 Å². The van der Waals surface area contributed by atoms with E-state index in [1.54, 1.807) is 34.9 Å². The van der Waals surface area contributed by atoms with Crippen LogP contribution in [0.4, 0.5) is 0 Å². The summed E-state index contributed by atoms with van der Waals surface area (Å²) in [4.78, 5) is 43.8. The molecule has 1 fully saturated rings. The second-order valence-corrected chi connectivity index (χ2v) is 14.3. The van der Waals surface area contributed by atoms with Crippen LogP contribution in [0, 0.1) is 12.3 Å². The number of fused-ring (bicyclic) bond motifs is 1. The predicted molar refractivity (Wildman–Crippen MR) is 161 cm³/mol. The number of amides is 3. The molecule has 2 N–H and O–H groups in total. The van der Waals surface area contributed by atoms with Crippen LogP contribution >= 0.6 is 11.3 Å². The zero-order chi connectivity index (χ0) is 29.9. The highest BCUT2D eigenvalue weighted by Gasteiger charge is 2.43. The van der Waals surface area contributed by atoms with Gasteiger partial charge >= 0.3 is 0 Å². The van der Waals surface area contributed by atoms with Crippen molar-refractivity contribution in [2.24, 2.45) is 5.41 Å². The van der Waals surface area contributed by atoms with Crippen LogP contribution in [-0.4, -0.2) is 74.2 Å². The number of hydrogen-bond acceptors (Lipinski definition) is 6. The average molecular weight is 599 g/mol. The molecule has 220 valence electrons. The van der Waals surface area contributed by atoms with Crippen molar-refractivity contribution >= 4 is 49.2 Å². The van der Waals surface area contributed by atoms with Crippen LogP contribution in [0.25, 0.3) is 10.1 Å². The Kier molecular flexibility index (Phi) is 9.20. The summed E-state index contributed by atoms with van der Waals surface area (Å²) in [6.07, 6.45) is 0.691. The fourth-order valence-corrected chi connectivity index (χ4v) is 7.09. The number of likely N-dealkylation sites (tertiary alicyclic amines) is 1. The third-order valence-corrected chi connectivity index (χ3v) is 9.91. The van der Waals surface area contributed by atoms with Gasteiger partial charge in [0.15, 0.2) is 0 Å². The molecule has 41 heavy (non-hydrogen) atoms. The summed E-state index contributed by atoms with van der Waals surface area (Å²) in [6, 6.07) is 15.2. The van der Waals surface area contributed by atoms with Gasteiger partial charge in [0, 0.05) is 24.3 Å². The average Bonchev–Trinajstić information content (AvgIpc) is 3.33. The number of benzene rings is 2. The molecule has 0 bridgehead atoms. The minimum absolute atomic E-state index is 0.140.